The SMILES string of the molecule is CC[C@@H](C)C(=O)N1CCC[C@@H](c2nc3c(c(=O)[nH]2)CN(S(=O)(=O)N(C)C)CC3)C1. The standard InChI is InChI=1S/C19H31N5O4S/c1-5-13(2)19(26)23-9-6-7-14(11-23)17-20-16-8-10-24(29(27,28)22(3)4)12-15(16)18(25)21-17/h13-14H,5-12H2,1-4H3,(H,20,21,25)/t13-,14-/m1/s1. The number of aromatic amines is 1. The lowest BCUT2D eigenvalue weighted by atomic mass is 9.95. The van der Waals surface area contributed by atoms with Gasteiger partial charge in [0.25, 0.3) is 15.8 Å². The van der Waals surface area contributed by atoms with E-state index >= 15 is 0 Å². The molecule has 162 valence electrons. The lowest BCUT2D eigenvalue weighted by molar-refractivity contribution is -0.136. The summed E-state index contributed by atoms with van der Waals surface area (Å²) in [4.78, 5) is 34.7. The first-order valence-corrected chi connectivity index (χ1v) is 11.6. The maximum Gasteiger partial charge on any atom is 0.281 e. The summed E-state index contributed by atoms with van der Waals surface area (Å²) in [5.74, 6) is 0.758. The van der Waals surface area contributed by atoms with E-state index in [0.717, 1.165) is 30.1 Å². The highest BCUT2D eigenvalue weighted by Gasteiger charge is 2.33. The van der Waals surface area contributed by atoms with Crippen LogP contribution in [0.4, 0.5) is 0 Å². The Morgan fingerprint density at radius 3 is 2.72 bits per heavy atom. The molecule has 1 amide bonds. The normalized spacial score (nSPS) is 21.8. The molecule has 1 saturated heterocycles. The van der Waals surface area contributed by atoms with Gasteiger partial charge in [-0.15, -0.1) is 0 Å². The monoisotopic (exact) mass is 425 g/mol. The van der Waals surface area contributed by atoms with Crippen LogP contribution >= 0.6 is 0 Å². The minimum absolute atomic E-state index is 0.00158. The van der Waals surface area contributed by atoms with Crippen molar-refractivity contribution in [1.82, 2.24) is 23.5 Å². The fourth-order valence-electron chi connectivity index (χ4n) is 3.93. The largest absolute Gasteiger partial charge is 0.342 e. The Morgan fingerprint density at radius 1 is 1.34 bits per heavy atom. The van der Waals surface area contributed by atoms with Gasteiger partial charge in [-0.1, -0.05) is 13.8 Å². The van der Waals surface area contributed by atoms with Crippen LogP contribution in [0.1, 0.15) is 56.1 Å². The van der Waals surface area contributed by atoms with Crippen LogP contribution in [0.5, 0.6) is 0 Å². The lowest BCUT2D eigenvalue weighted by Crippen LogP contribution is -2.45. The first kappa shape index (κ1) is 21.9. The zero-order valence-electron chi connectivity index (χ0n) is 17.6. The third-order valence-corrected chi connectivity index (χ3v) is 7.88. The molecule has 1 N–H and O–H groups in total. The fraction of sp³-hybridized carbons (Fsp3) is 0.737. The van der Waals surface area contributed by atoms with Crippen molar-refractivity contribution in [2.75, 3.05) is 33.7 Å². The van der Waals surface area contributed by atoms with Gasteiger partial charge in [-0.25, -0.2) is 4.98 Å². The molecule has 0 bridgehead atoms. The number of piperidine rings is 1. The topological polar surface area (TPSA) is 107 Å². The molecule has 2 aliphatic rings. The summed E-state index contributed by atoms with van der Waals surface area (Å²) in [6.45, 7) is 5.58. The minimum atomic E-state index is -3.58. The summed E-state index contributed by atoms with van der Waals surface area (Å²) >= 11 is 0. The number of aromatic nitrogens is 2. The second-order valence-corrected chi connectivity index (χ2v) is 10.3. The number of rotatable bonds is 5. The van der Waals surface area contributed by atoms with Crippen molar-refractivity contribution in [3.63, 3.8) is 0 Å². The maximum atomic E-state index is 12.7. The first-order chi connectivity index (χ1) is 13.6. The van der Waals surface area contributed by atoms with E-state index in [0.29, 0.717) is 36.6 Å². The summed E-state index contributed by atoms with van der Waals surface area (Å²) in [6.07, 6.45) is 2.96. The van der Waals surface area contributed by atoms with Crippen molar-refractivity contribution in [2.45, 2.75) is 52.0 Å². The van der Waals surface area contributed by atoms with Crippen molar-refractivity contribution in [3.8, 4) is 0 Å². The van der Waals surface area contributed by atoms with Gasteiger partial charge in [0.1, 0.15) is 5.82 Å². The second kappa shape index (κ2) is 8.53. The quantitative estimate of drug-likeness (QED) is 0.747. The van der Waals surface area contributed by atoms with Gasteiger partial charge in [-0.2, -0.15) is 17.0 Å². The van der Waals surface area contributed by atoms with Crippen LogP contribution in [0.15, 0.2) is 4.79 Å². The van der Waals surface area contributed by atoms with Crippen LogP contribution in [0.3, 0.4) is 0 Å². The van der Waals surface area contributed by atoms with Gasteiger partial charge in [-0.05, 0) is 19.3 Å². The van der Waals surface area contributed by atoms with Crippen LogP contribution in [0.25, 0.3) is 0 Å². The molecular formula is C19H31N5O4S. The summed E-state index contributed by atoms with van der Waals surface area (Å²) in [6, 6.07) is 0. The van der Waals surface area contributed by atoms with Crippen molar-refractivity contribution < 1.29 is 13.2 Å². The van der Waals surface area contributed by atoms with E-state index in [1.54, 1.807) is 0 Å². The number of hydrogen-bond donors (Lipinski definition) is 1. The number of carbonyl (C=O) groups excluding carboxylic acids is 1. The Hall–Kier alpha value is -1.78. The number of fused-ring (bicyclic) bond motifs is 1. The summed E-state index contributed by atoms with van der Waals surface area (Å²) in [5.41, 5.74) is 0.794. The molecule has 0 radical (unpaired) electrons. The van der Waals surface area contributed by atoms with Crippen molar-refractivity contribution >= 4 is 16.1 Å². The number of nitrogens with zero attached hydrogens (tertiary/aromatic N) is 4. The van der Waals surface area contributed by atoms with E-state index in [-0.39, 0.29) is 29.8 Å². The average molecular weight is 426 g/mol. The lowest BCUT2D eigenvalue weighted by Gasteiger charge is -2.34. The van der Waals surface area contributed by atoms with Crippen molar-refractivity contribution in [1.29, 1.82) is 0 Å². The highest BCUT2D eigenvalue weighted by atomic mass is 32.2. The number of likely N-dealkylation sites (tertiary alicyclic amines) is 1. The van der Waals surface area contributed by atoms with Crippen LogP contribution in [-0.4, -0.2) is 71.5 Å². The molecule has 0 aromatic carbocycles. The summed E-state index contributed by atoms with van der Waals surface area (Å²) < 4.78 is 27.2. The molecule has 3 rings (SSSR count). The van der Waals surface area contributed by atoms with Gasteiger partial charge >= 0.3 is 0 Å². The number of carbonyl (C=O) groups is 1. The molecule has 2 atom stereocenters. The number of hydrogen-bond acceptors (Lipinski definition) is 5. The zero-order valence-corrected chi connectivity index (χ0v) is 18.5. The minimum Gasteiger partial charge on any atom is -0.342 e. The van der Waals surface area contributed by atoms with Gasteiger partial charge in [0.05, 0.1) is 11.3 Å². The van der Waals surface area contributed by atoms with Crippen LogP contribution < -0.4 is 5.56 Å². The average Bonchev–Trinajstić information content (AvgIpc) is 2.72. The number of nitrogens with one attached hydrogen (secondary N) is 1. The van der Waals surface area contributed by atoms with Gasteiger partial charge in [0, 0.05) is 58.5 Å². The molecule has 9 nitrogen and oxygen atoms in total. The maximum absolute atomic E-state index is 12.7. The molecule has 29 heavy (non-hydrogen) atoms. The molecule has 0 aliphatic carbocycles. The van der Waals surface area contributed by atoms with Gasteiger partial charge < -0.3 is 9.88 Å². The predicted octanol–water partition coefficient (Wildman–Crippen LogP) is 0.687. The molecule has 1 aromatic rings. The second-order valence-electron chi connectivity index (χ2n) is 8.18. The number of H-pyrrole nitrogens is 1. The van der Waals surface area contributed by atoms with Crippen molar-refractivity contribution in [2.24, 2.45) is 5.92 Å². The Kier molecular flexibility index (Phi) is 6.45. The molecule has 1 aromatic heterocycles. The van der Waals surface area contributed by atoms with E-state index < -0.39 is 10.2 Å². The molecule has 3 heterocycles. The summed E-state index contributed by atoms with van der Waals surface area (Å²) in [7, 11) is -0.619. The van der Waals surface area contributed by atoms with Gasteiger partial charge in [-0.3, -0.25) is 9.59 Å². The van der Waals surface area contributed by atoms with Gasteiger partial charge in [0.15, 0.2) is 0 Å². The Bertz CT molecular complexity index is 927. The fourth-order valence-corrected chi connectivity index (χ4v) is 5.00. The van der Waals surface area contributed by atoms with E-state index in [4.69, 9.17) is 0 Å². The van der Waals surface area contributed by atoms with Gasteiger partial charge in [0.2, 0.25) is 5.91 Å². The van der Waals surface area contributed by atoms with E-state index in [1.165, 1.54) is 18.4 Å². The molecule has 1 fully saturated rings. The third kappa shape index (κ3) is 4.39. The first-order valence-electron chi connectivity index (χ1n) is 10.2. The highest BCUT2D eigenvalue weighted by Crippen LogP contribution is 2.27. The molecular weight excluding hydrogens is 394 g/mol. The predicted molar refractivity (Wildman–Crippen MR) is 110 cm³/mol. The molecule has 10 heteroatoms. The smallest absolute Gasteiger partial charge is 0.281 e. The molecule has 0 spiro atoms. The Labute approximate surface area is 172 Å². The van der Waals surface area contributed by atoms with E-state index in [1.807, 2.05) is 18.7 Å². The Morgan fingerprint density at radius 2 is 2.07 bits per heavy atom. The third-order valence-electron chi connectivity index (χ3n) is 5.99. The summed E-state index contributed by atoms with van der Waals surface area (Å²) in [5, 5.41) is 0. The molecule has 0 saturated carbocycles. The molecule has 0 unspecified atom stereocenters. The van der Waals surface area contributed by atoms with E-state index in [2.05, 4.69) is 9.97 Å². The van der Waals surface area contributed by atoms with E-state index in [9.17, 15) is 18.0 Å². The van der Waals surface area contributed by atoms with Crippen molar-refractivity contribution in [3.05, 3.63) is 27.4 Å². The van der Waals surface area contributed by atoms with Crippen LogP contribution in [-0.2, 0) is 28.0 Å². The Balaban J connectivity index is 1.81. The van der Waals surface area contributed by atoms with Crippen LogP contribution in [0.2, 0.25) is 0 Å². The zero-order chi connectivity index (χ0) is 21.3. The van der Waals surface area contributed by atoms with Crippen LogP contribution in [0, 0.1) is 5.92 Å². The highest BCUT2D eigenvalue weighted by molar-refractivity contribution is 7.86. The molecule has 2 aliphatic heterocycles. The number of amides is 1.